The van der Waals surface area contributed by atoms with Gasteiger partial charge in [0.1, 0.15) is 6.04 Å². The monoisotopic (exact) mass is 275 g/mol. The highest BCUT2D eigenvalue weighted by Crippen LogP contribution is 2.13. The Bertz CT molecular complexity index is 259. The fourth-order valence-corrected chi connectivity index (χ4v) is 2.46. The van der Waals surface area contributed by atoms with Gasteiger partial charge in [-0.25, -0.2) is 4.79 Å². The van der Waals surface area contributed by atoms with E-state index in [1.165, 1.54) is 0 Å². The molecule has 0 rings (SSSR count). The Morgan fingerprint density at radius 2 is 1.83 bits per heavy atom. The van der Waals surface area contributed by atoms with Gasteiger partial charge in [0.15, 0.2) is 0 Å². The van der Waals surface area contributed by atoms with Crippen LogP contribution in [0.15, 0.2) is 0 Å². The van der Waals surface area contributed by atoms with Crippen LogP contribution in [0.5, 0.6) is 0 Å². The molecule has 0 aromatic rings. The van der Waals surface area contributed by atoms with Crippen LogP contribution < -0.4 is 5.32 Å². The van der Waals surface area contributed by atoms with Gasteiger partial charge in [0.05, 0.1) is 5.25 Å². The predicted molar refractivity (Wildman–Crippen MR) is 75.9 cm³/mol. The number of nitrogens with one attached hydrogen (secondary N) is 1. The Labute approximate surface area is 114 Å². The predicted octanol–water partition coefficient (Wildman–Crippen LogP) is 2.67. The van der Waals surface area contributed by atoms with E-state index in [1.54, 1.807) is 11.8 Å². The van der Waals surface area contributed by atoms with E-state index in [0.717, 1.165) is 31.4 Å². The van der Waals surface area contributed by atoms with Crippen LogP contribution in [-0.4, -0.2) is 34.0 Å². The van der Waals surface area contributed by atoms with Crippen LogP contribution >= 0.6 is 11.8 Å². The lowest BCUT2D eigenvalue weighted by Gasteiger charge is -2.17. The number of carboxylic acid groups (broad SMARTS) is 1. The van der Waals surface area contributed by atoms with Crippen molar-refractivity contribution >= 4 is 23.6 Å². The van der Waals surface area contributed by atoms with Crippen LogP contribution in [0, 0.1) is 0 Å². The highest BCUT2D eigenvalue weighted by molar-refractivity contribution is 8.00. The number of carboxylic acids is 1. The minimum atomic E-state index is -0.942. The largest absolute Gasteiger partial charge is 0.480 e. The van der Waals surface area contributed by atoms with E-state index < -0.39 is 12.0 Å². The van der Waals surface area contributed by atoms with E-state index >= 15 is 0 Å². The summed E-state index contributed by atoms with van der Waals surface area (Å²) in [5.74, 6) is -0.167. The molecular formula is C13H25NO3S. The molecule has 0 aromatic heterocycles. The summed E-state index contributed by atoms with van der Waals surface area (Å²) >= 11 is 1.58. The smallest absolute Gasteiger partial charge is 0.326 e. The maximum absolute atomic E-state index is 11.8. The molecule has 2 N–H and O–H groups in total. The normalized spacial score (nSPS) is 13.9. The van der Waals surface area contributed by atoms with Gasteiger partial charge < -0.3 is 10.4 Å². The van der Waals surface area contributed by atoms with Crippen molar-refractivity contribution in [3.8, 4) is 0 Å². The average Bonchev–Trinajstić information content (AvgIpc) is 2.33. The summed E-state index contributed by atoms with van der Waals surface area (Å²) in [7, 11) is 0. The van der Waals surface area contributed by atoms with Crippen LogP contribution in [0.4, 0.5) is 0 Å². The second-order valence-corrected chi connectivity index (χ2v) is 5.86. The van der Waals surface area contributed by atoms with Gasteiger partial charge >= 0.3 is 5.97 Å². The average molecular weight is 275 g/mol. The van der Waals surface area contributed by atoms with E-state index in [2.05, 4.69) is 12.2 Å². The maximum atomic E-state index is 11.8. The highest BCUT2D eigenvalue weighted by Gasteiger charge is 2.22. The van der Waals surface area contributed by atoms with E-state index in [4.69, 9.17) is 5.11 Å². The Balaban J connectivity index is 4.10. The Hall–Kier alpha value is -0.710. The molecule has 0 aliphatic heterocycles. The molecule has 0 radical (unpaired) electrons. The zero-order valence-electron chi connectivity index (χ0n) is 11.6. The van der Waals surface area contributed by atoms with Crippen molar-refractivity contribution in [2.75, 3.05) is 5.75 Å². The number of hydrogen-bond donors (Lipinski definition) is 2. The molecule has 0 aliphatic carbocycles. The Kier molecular flexibility index (Phi) is 9.83. The molecule has 106 valence electrons. The summed E-state index contributed by atoms with van der Waals surface area (Å²) in [5, 5.41) is 11.5. The van der Waals surface area contributed by atoms with Crippen LogP contribution in [0.2, 0.25) is 0 Å². The summed E-state index contributed by atoms with van der Waals surface area (Å²) in [6, 6.07) is -0.744. The lowest BCUT2D eigenvalue weighted by Crippen LogP contribution is -2.44. The van der Waals surface area contributed by atoms with Crippen molar-refractivity contribution in [3.63, 3.8) is 0 Å². The van der Waals surface area contributed by atoms with Gasteiger partial charge in [0.2, 0.25) is 5.91 Å². The summed E-state index contributed by atoms with van der Waals surface area (Å²) in [6.07, 6.45) is 4.44. The van der Waals surface area contributed by atoms with Gasteiger partial charge in [-0.2, -0.15) is 0 Å². The molecule has 0 heterocycles. The van der Waals surface area contributed by atoms with Crippen molar-refractivity contribution in [1.29, 1.82) is 0 Å². The number of thioether (sulfide) groups is 1. The van der Waals surface area contributed by atoms with E-state index in [1.807, 2.05) is 13.8 Å². The second kappa shape index (κ2) is 10.2. The number of hydrogen-bond acceptors (Lipinski definition) is 3. The number of carbonyl (C=O) groups is 2. The molecule has 0 aliphatic rings. The molecule has 1 amide bonds. The molecule has 0 spiro atoms. The molecule has 0 bridgehead atoms. The first kappa shape index (κ1) is 17.3. The van der Waals surface area contributed by atoms with Crippen LogP contribution in [-0.2, 0) is 9.59 Å². The zero-order valence-corrected chi connectivity index (χ0v) is 12.4. The van der Waals surface area contributed by atoms with Crippen molar-refractivity contribution < 1.29 is 14.7 Å². The molecule has 5 heteroatoms. The molecule has 0 fully saturated rings. The first-order valence-corrected chi connectivity index (χ1v) is 7.72. The molecule has 2 atom stereocenters. The number of amides is 1. The third-order valence-corrected chi connectivity index (χ3v) is 3.93. The van der Waals surface area contributed by atoms with E-state index in [9.17, 15) is 9.59 Å². The van der Waals surface area contributed by atoms with Gasteiger partial charge in [-0.3, -0.25) is 4.79 Å². The first-order valence-electron chi connectivity index (χ1n) is 6.67. The van der Waals surface area contributed by atoms with Gasteiger partial charge in [0.25, 0.3) is 0 Å². The molecule has 0 saturated carbocycles. The molecule has 4 nitrogen and oxygen atoms in total. The minimum absolute atomic E-state index is 0.167. The Morgan fingerprint density at radius 3 is 2.33 bits per heavy atom. The van der Waals surface area contributed by atoms with Crippen molar-refractivity contribution in [1.82, 2.24) is 5.32 Å². The summed E-state index contributed by atoms with van der Waals surface area (Å²) < 4.78 is 0. The molecule has 0 saturated heterocycles. The Morgan fingerprint density at radius 1 is 1.22 bits per heavy atom. The van der Waals surface area contributed by atoms with Gasteiger partial charge in [-0.1, -0.05) is 33.1 Å². The quantitative estimate of drug-likeness (QED) is 0.602. The fourth-order valence-electron chi connectivity index (χ4n) is 1.43. The molecule has 18 heavy (non-hydrogen) atoms. The third-order valence-electron chi connectivity index (χ3n) is 2.70. The third kappa shape index (κ3) is 7.58. The van der Waals surface area contributed by atoms with E-state index in [-0.39, 0.29) is 11.2 Å². The van der Waals surface area contributed by atoms with Crippen LogP contribution in [0.1, 0.15) is 52.9 Å². The number of carbonyl (C=O) groups excluding carboxylic acids is 1. The zero-order chi connectivity index (χ0) is 14.0. The van der Waals surface area contributed by atoms with Gasteiger partial charge in [-0.05, 0) is 25.5 Å². The highest BCUT2D eigenvalue weighted by atomic mass is 32.2. The van der Waals surface area contributed by atoms with Crippen molar-refractivity contribution in [3.05, 3.63) is 0 Å². The van der Waals surface area contributed by atoms with Crippen LogP contribution in [0.25, 0.3) is 0 Å². The molecule has 2 unspecified atom stereocenters. The van der Waals surface area contributed by atoms with Gasteiger partial charge in [0, 0.05) is 0 Å². The van der Waals surface area contributed by atoms with Crippen LogP contribution in [0.3, 0.4) is 0 Å². The number of rotatable bonds is 10. The summed E-state index contributed by atoms with van der Waals surface area (Å²) in [4.78, 5) is 22.8. The SMILES string of the molecule is CCCCSC(C)C(=O)NC(CCCC)C(=O)O. The van der Waals surface area contributed by atoms with E-state index in [0.29, 0.717) is 6.42 Å². The lowest BCUT2D eigenvalue weighted by molar-refractivity contribution is -0.141. The topological polar surface area (TPSA) is 66.4 Å². The van der Waals surface area contributed by atoms with Gasteiger partial charge in [-0.15, -0.1) is 11.8 Å². The first-order chi connectivity index (χ1) is 8.52. The summed E-state index contributed by atoms with van der Waals surface area (Å²) in [5.41, 5.74) is 0. The fraction of sp³-hybridized carbons (Fsp3) is 0.846. The lowest BCUT2D eigenvalue weighted by atomic mass is 10.1. The molecule has 0 aromatic carbocycles. The standard InChI is InChI=1S/C13H25NO3S/c1-4-6-8-11(13(16)17)14-12(15)10(3)18-9-7-5-2/h10-11H,4-9H2,1-3H3,(H,14,15)(H,16,17). The van der Waals surface area contributed by atoms with Crippen molar-refractivity contribution in [2.45, 2.75) is 64.2 Å². The number of aliphatic carboxylic acids is 1. The molecular weight excluding hydrogens is 250 g/mol. The minimum Gasteiger partial charge on any atom is -0.480 e. The second-order valence-electron chi connectivity index (χ2n) is 4.41. The summed E-state index contributed by atoms with van der Waals surface area (Å²) in [6.45, 7) is 5.94. The van der Waals surface area contributed by atoms with Crippen molar-refractivity contribution in [2.24, 2.45) is 0 Å². The maximum Gasteiger partial charge on any atom is 0.326 e. The number of unbranched alkanes of at least 4 members (excludes halogenated alkanes) is 2.